The molecule has 0 bridgehead atoms. The summed E-state index contributed by atoms with van der Waals surface area (Å²) in [6.45, 7) is 6.16. The van der Waals surface area contributed by atoms with Crippen molar-refractivity contribution in [1.82, 2.24) is 5.32 Å². The Hall–Kier alpha value is -0.280. The largest absolute Gasteiger partial charge is 0.387 e. The maximum atomic E-state index is 10.2. The lowest BCUT2D eigenvalue weighted by Gasteiger charge is -2.24. The fraction of sp³-hybridized carbons (Fsp3) is 0.538. The Labute approximate surface area is 113 Å². The number of nitrogens with one attached hydrogen (secondary N) is 1. The van der Waals surface area contributed by atoms with Crippen LogP contribution in [0.3, 0.4) is 0 Å². The second kappa shape index (κ2) is 6.60. The van der Waals surface area contributed by atoms with Crippen molar-refractivity contribution in [3.05, 3.63) is 33.8 Å². The van der Waals surface area contributed by atoms with Crippen molar-refractivity contribution < 1.29 is 5.11 Å². The monoisotopic (exact) mass is 275 g/mol. The van der Waals surface area contributed by atoms with Crippen LogP contribution in [-0.2, 0) is 0 Å². The van der Waals surface area contributed by atoms with Crippen LogP contribution in [0.15, 0.2) is 18.2 Å². The van der Waals surface area contributed by atoms with Gasteiger partial charge in [-0.05, 0) is 38.0 Å². The number of aliphatic hydroxyl groups excluding tert-OH is 1. The summed E-state index contributed by atoms with van der Waals surface area (Å²) in [5.41, 5.74) is 0.780. The standard InChI is InChI=1S/C13H19Cl2NO/c1-4-8(2)16-9(3)13(17)10-5-6-11(14)12(15)7-10/h5-9,13,16-17H,4H2,1-3H3. The first-order valence-electron chi connectivity index (χ1n) is 5.84. The minimum absolute atomic E-state index is 0.0257. The van der Waals surface area contributed by atoms with E-state index in [1.807, 2.05) is 6.92 Å². The molecule has 3 unspecified atom stereocenters. The molecule has 4 heteroatoms. The number of benzene rings is 1. The molecule has 17 heavy (non-hydrogen) atoms. The van der Waals surface area contributed by atoms with Crippen LogP contribution in [0.25, 0.3) is 0 Å². The second-order valence-corrected chi connectivity index (χ2v) is 5.20. The molecule has 1 aromatic carbocycles. The summed E-state index contributed by atoms with van der Waals surface area (Å²) >= 11 is 11.8. The van der Waals surface area contributed by atoms with Gasteiger partial charge >= 0.3 is 0 Å². The van der Waals surface area contributed by atoms with Crippen molar-refractivity contribution in [1.29, 1.82) is 0 Å². The van der Waals surface area contributed by atoms with E-state index in [2.05, 4.69) is 19.2 Å². The molecule has 0 aromatic heterocycles. The van der Waals surface area contributed by atoms with Gasteiger partial charge in [-0.25, -0.2) is 0 Å². The van der Waals surface area contributed by atoms with Crippen LogP contribution in [-0.4, -0.2) is 17.2 Å². The molecule has 96 valence electrons. The minimum Gasteiger partial charge on any atom is -0.387 e. The molecular weight excluding hydrogens is 257 g/mol. The Bertz CT molecular complexity index is 370. The van der Waals surface area contributed by atoms with Crippen LogP contribution in [0.2, 0.25) is 10.0 Å². The van der Waals surface area contributed by atoms with E-state index in [9.17, 15) is 5.11 Å². The number of rotatable bonds is 5. The van der Waals surface area contributed by atoms with Gasteiger partial charge in [-0.1, -0.05) is 36.2 Å². The molecule has 2 nitrogen and oxygen atoms in total. The minimum atomic E-state index is -0.584. The summed E-state index contributed by atoms with van der Waals surface area (Å²) in [7, 11) is 0. The van der Waals surface area contributed by atoms with Crippen molar-refractivity contribution in [3.8, 4) is 0 Å². The first-order valence-corrected chi connectivity index (χ1v) is 6.60. The van der Waals surface area contributed by atoms with Gasteiger partial charge in [0.1, 0.15) is 0 Å². The van der Waals surface area contributed by atoms with Crippen molar-refractivity contribution in [3.63, 3.8) is 0 Å². The molecule has 0 aliphatic rings. The second-order valence-electron chi connectivity index (χ2n) is 4.38. The summed E-state index contributed by atoms with van der Waals surface area (Å²) in [6.07, 6.45) is 0.442. The Balaban J connectivity index is 2.74. The average Bonchev–Trinajstić information content (AvgIpc) is 2.31. The van der Waals surface area contributed by atoms with Gasteiger partial charge in [-0.3, -0.25) is 0 Å². The van der Waals surface area contributed by atoms with Crippen LogP contribution >= 0.6 is 23.2 Å². The molecule has 0 fully saturated rings. The summed E-state index contributed by atoms with van der Waals surface area (Å²) in [4.78, 5) is 0. The molecule has 0 aliphatic heterocycles. The Morgan fingerprint density at radius 1 is 1.24 bits per heavy atom. The smallest absolute Gasteiger partial charge is 0.0940 e. The molecule has 0 aliphatic carbocycles. The van der Waals surface area contributed by atoms with E-state index in [4.69, 9.17) is 23.2 Å². The van der Waals surface area contributed by atoms with Crippen LogP contribution in [0.1, 0.15) is 38.9 Å². The molecule has 0 radical (unpaired) electrons. The highest BCUT2D eigenvalue weighted by atomic mass is 35.5. The van der Waals surface area contributed by atoms with Crippen molar-refractivity contribution in [2.75, 3.05) is 0 Å². The number of aliphatic hydroxyl groups is 1. The third kappa shape index (κ3) is 4.14. The predicted molar refractivity (Wildman–Crippen MR) is 73.8 cm³/mol. The molecule has 3 atom stereocenters. The SMILES string of the molecule is CCC(C)NC(C)C(O)c1ccc(Cl)c(Cl)c1. The van der Waals surface area contributed by atoms with Crippen LogP contribution in [0.4, 0.5) is 0 Å². The van der Waals surface area contributed by atoms with Gasteiger partial charge in [0.2, 0.25) is 0 Å². The fourth-order valence-electron chi connectivity index (χ4n) is 1.64. The zero-order chi connectivity index (χ0) is 13.0. The lowest BCUT2D eigenvalue weighted by atomic mass is 10.0. The average molecular weight is 276 g/mol. The van der Waals surface area contributed by atoms with E-state index in [0.29, 0.717) is 16.1 Å². The summed E-state index contributed by atoms with van der Waals surface area (Å²) < 4.78 is 0. The van der Waals surface area contributed by atoms with Gasteiger partial charge in [-0.15, -0.1) is 0 Å². The van der Waals surface area contributed by atoms with Crippen LogP contribution in [0, 0.1) is 0 Å². The van der Waals surface area contributed by atoms with E-state index in [-0.39, 0.29) is 6.04 Å². The summed E-state index contributed by atoms with van der Waals surface area (Å²) in [6, 6.07) is 5.57. The van der Waals surface area contributed by atoms with Crippen LogP contribution < -0.4 is 5.32 Å². The Morgan fingerprint density at radius 3 is 2.41 bits per heavy atom. The zero-order valence-corrected chi connectivity index (χ0v) is 11.9. The van der Waals surface area contributed by atoms with Gasteiger partial charge in [0.15, 0.2) is 0 Å². The molecular formula is C13H19Cl2NO. The highest BCUT2D eigenvalue weighted by Gasteiger charge is 2.18. The molecule has 1 rings (SSSR count). The van der Waals surface area contributed by atoms with E-state index in [1.165, 1.54) is 0 Å². The number of hydrogen-bond acceptors (Lipinski definition) is 2. The Morgan fingerprint density at radius 2 is 1.88 bits per heavy atom. The molecule has 0 amide bonds. The van der Waals surface area contributed by atoms with E-state index < -0.39 is 6.10 Å². The normalized spacial score (nSPS) is 16.6. The highest BCUT2D eigenvalue weighted by molar-refractivity contribution is 6.42. The third-order valence-electron chi connectivity index (χ3n) is 2.92. The first kappa shape index (κ1) is 14.8. The highest BCUT2D eigenvalue weighted by Crippen LogP contribution is 2.27. The maximum absolute atomic E-state index is 10.2. The van der Waals surface area contributed by atoms with Gasteiger partial charge in [-0.2, -0.15) is 0 Å². The lowest BCUT2D eigenvalue weighted by molar-refractivity contribution is 0.130. The summed E-state index contributed by atoms with van der Waals surface area (Å²) in [5.74, 6) is 0. The first-order chi connectivity index (χ1) is 7.95. The summed E-state index contributed by atoms with van der Waals surface area (Å²) in [5, 5.41) is 14.5. The van der Waals surface area contributed by atoms with Gasteiger partial charge in [0.05, 0.1) is 16.1 Å². The van der Waals surface area contributed by atoms with Gasteiger partial charge in [0, 0.05) is 12.1 Å². The topological polar surface area (TPSA) is 32.3 Å². The molecule has 1 aromatic rings. The van der Waals surface area contributed by atoms with Crippen LogP contribution in [0.5, 0.6) is 0 Å². The van der Waals surface area contributed by atoms with Crippen molar-refractivity contribution in [2.45, 2.75) is 45.4 Å². The Kier molecular flexibility index (Phi) is 5.74. The maximum Gasteiger partial charge on any atom is 0.0940 e. The zero-order valence-electron chi connectivity index (χ0n) is 10.4. The van der Waals surface area contributed by atoms with Gasteiger partial charge < -0.3 is 10.4 Å². The van der Waals surface area contributed by atoms with Crippen molar-refractivity contribution in [2.24, 2.45) is 0 Å². The van der Waals surface area contributed by atoms with E-state index in [0.717, 1.165) is 12.0 Å². The molecule has 0 saturated carbocycles. The molecule has 2 N–H and O–H groups in total. The number of hydrogen-bond donors (Lipinski definition) is 2. The fourth-order valence-corrected chi connectivity index (χ4v) is 1.95. The molecule has 0 heterocycles. The lowest BCUT2D eigenvalue weighted by Crippen LogP contribution is -2.38. The molecule has 0 spiro atoms. The van der Waals surface area contributed by atoms with E-state index >= 15 is 0 Å². The molecule has 0 saturated heterocycles. The van der Waals surface area contributed by atoms with E-state index in [1.54, 1.807) is 18.2 Å². The quantitative estimate of drug-likeness (QED) is 0.857. The van der Waals surface area contributed by atoms with Gasteiger partial charge in [0.25, 0.3) is 0 Å². The number of halogens is 2. The third-order valence-corrected chi connectivity index (χ3v) is 3.66. The predicted octanol–water partition coefficient (Wildman–Crippen LogP) is 3.80. The van der Waals surface area contributed by atoms with Crippen molar-refractivity contribution >= 4 is 23.2 Å².